The lowest BCUT2D eigenvalue weighted by Crippen LogP contribution is -2.37. The lowest BCUT2D eigenvalue weighted by atomic mass is 9.76. The van der Waals surface area contributed by atoms with Crippen molar-refractivity contribution in [2.24, 2.45) is 11.1 Å². The monoisotopic (exact) mass is 331 g/mol. The second kappa shape index (κ2) is 5.32. The van der Waals surface area contributed by atoms with Gasteiger partial charge >= 0.3 is 0 Å². The molecule has 0 heterocycles. The first-order valence-electron chi connectivity index (χ1n) is 6.85. The number of halogens is 1. The first-order chi connectivity index (χ1) is 9.64. The van der Waals surface area contributed by atoms with Gasteiger partial charge in [-0.3, -0.25) is 0 Å². The quantitative estimate of drug-likeness (QED) is 0.907. The van der Waals surface area contributed by atoms with Crippen LogP contribution >= 0.6 is 15.9 Å². The predicted octanol–water partition coefficient (Wildman–Crippen LogP) is 3.23. The minimum Gasteiger partial charge on any atom is -0.388 e. The highest BCUT2D eigenvalue weighted by atomic mass is 79.9. The van der Waals surface area contributed by atoms with E-state index >= 15 is 0 Å². The first-order valence-corrected chi connectivity index (χ1v) is 7.64. The second-order valence-electron chi connectivity index (χ2n) is 5.65. The summed E-state index contributed by atoms with van der Waals surface area (Å²) >= 11 is 3.46. The third-order valence-corrected chi connectivity index (χ3v) is 4.85. The van der Waals surface area contributed by atoms with E-state index in [-0.39, 0.29) is 5.41 Å². The topological polar surface area (TPSA) is 46.2 Å². The van der Waals surface area contributed by atoms with Gasteiger partial charge in [0.1, 0.15) is 0 Å². The smallest absolute Gasteiger partial charge is 0.0865 e. The van der Waals surface area contributed by atoms with Gasteiger partial charge in [0.2, 0.25) is 0 Å². The van der Waals surface area contributed by atoms with E-state index in [0.29, 0.717) is 6.54 Å². The van der Waals surface area contributed by atoms with Crippen LogP contribution in [0.1, 0.15) is 22.8 Å². The number of nitrogens with two attached hydrogens (primary N) is 1. The largest absolute Gasteiger partial charge is 0.388 e. The minimum atomic E-state index is -0.544. The van der Waals surface area contributed by atoms with E-state index in [1.807, 2.05) is 24.3 Å². The second-order valence-corrected chi connectivity index (χ2v) is 6.56. The molecule has 1 aliphatic rings. The van der Waals surface area contributed by atoms with Crippen molar-refractivity contribution in [1.82, 2.24) is 0 Å². The Morgan fingerprint density at radius 1 is 1.10 bits per heavy atom. The summed E-state index contributed by atoms with van der Waals surface area (Å²) in [5, 5.41) is 10.9. The Hall–Kier alpha value is -1.16. The fourth-order valence-electron chi connectivity index (χ4n) is 3.20. The SMILES string of the molecule is NCC1(C(O)c2cccc(Br)c2)Cc2ccccc2C1. The highest BCUT2D eigenvalue weighted by molar-refractivity contribution is 9.10. The Kier molecular flexibility index (Phi) is 3.67. The fourth-order valence-corrected chi connectivity index (χ4v) is 3.62. The Labute approximate surface area is 127 Å². The van der Waals surface area contributed by atoms with Crippen LogP contribution in [0.4, 0.5) is 0 Å². The van der Waals surface area contributed by atoms with Gasteiger partial charge in [0.05, 0.1) is 6.10 Å². The molecule has 0 amide bonds. The summed E-state index contributed by atoms with van der Waals surface area (Å²) in [6.07, 6.45) is 1.14. The molecule has 3 heteroatoms. The van der Waals surface area contributed by atoms with Gasteiger partial charge in [-0.25, -0.2) is 0 Å². The summed E-state index contributed by atoms with van der Waals surface area (Å²) < 4.78 is 0.983. The number of fused-ring (bicyclic) bond motifs is 1. The van der Waals surface area contributed by atoms with Gasteiger partial charge in [0.25, 0.3) is 0 Å². The molecule has 20 heavy (non-hydrogen) atoms. The average molecular weight is 332 g/mol. The highest BCUT2D eigenvalue weighted by Gasteiger charge is 2.42. The van der Waals surface area contributed by atoms with E-state index in [2.05, 4.69) is 40.2 Å². The van der Waals surface area contributed by atoms with Crippen molar-refractivity contribution in [3.05, 3.63) is 69.7 Å². The van der Waals surface area contributed by atoms with E-state index < -0.39 is 6.10 Å². The molecule has 2 aromatic rings. The van der Waals surface area contributed by atoms with Crippen LogP contribution in [0.25, 0.3) is 0 Å². The maximum Gasteiger partial charge on any atom is 0.0865 e. The normalized spacial score (nSPS) is 17.8. The molecule has 104 valence electrons. The summed E-state index contributed by atoms with van der Waals surface area (Å²) in [4.78, 5) is 0. The summed E-state index contributed by atoms with van der Waals surface area (Å²) in [6.45, 7) is 0.482. The van der Waals surface area contributed by atoms with E-state index in [4.69, 9.17) is 5.73 Å². The van der Waals surface area contributed by atoms with Crippen molar-refractivity contribution in [2.45, 2.75) is 18.9 Å². The zero-order valence-corrected chi connectivity index (χ0v) is 12.8. The Morgan fingerprint density at radius 2 is 1.75 bits per heavy atom. The molecule has 2 aromatic carbocycles. The predicted molar refractivity (Wildman–Crippen MR) is 84.4 cm³/mol. The number of aliphatic hydroxyl groups is 1. The molecule has 0 fully saturated rings. The van der Waals surface area contributed by atoms with Crippen LogP contribution in [-0.4, -0.2) is 11.7 Å². The lowest BCUT2D eigenvalue weighted by Gasteiger charge is -2.33. The number of rotatable bonds is 3. The molecule has 1 atom stereocenters. The minimum absolute atomic E-state index is 0.287. The van der Waals surface area contributed by atoms with Crippen LogP contribution in [-0.2, 0) is 12.8 Å². The number of benzene rings is 2. The maximum absolute atomic E-state index is 10.9. The van der Waals surface area contributed by atoms with Crippen molar-refractivity contribution < 1.29 is 5.11 Å². The van der Waals surface area contributed by atoms with Gasteiger partial charge in [-0.1, -0.05) is 52.3 Å². The number of aliphatic hydroxyl groups excluding tert-OH is 1. The molecule has 1 aliphatic carbocycles. The summed E-state index contributed by atoms with van der Waals surface area (Å²) in [6, 6.07) is 16.2. The van der Waals surface area contributed by atoms with Crippen molar-refractivity contribution >= 4 is 15.9 Å². The van der Waals surface area contributed by atoms with Crippen molar-refractivity contribution in [3.8, 4) is 0 Å². The van der Waals surface area contributed by atoms with Gasteiger partial charge in [-0.2, -0.15) is 0 Å². The van der Waals surface area contributed by atoms with Crippen LogP contribution in [0, 0.1) is 5.41 Å². The molecule has 1 unspecified atom stereocenters. The molecule has 0 aromatic heterocycles. The summed E-state index contributed by atoms with van der Waals surface area (Å²) in [7, 11) is 0. The molecule has 0 saturated heterocycles. The molecule has 0 aliphatic heterocycles. The summed E-state index contributed by atoms with van der Waals surface area (Å²) in [5.41, 5.74) is 9.32. The van der Waals surface area contributed by atoms with E-state index in [1.165, 1.54) is 11.1 Å². The van der Waals surface area contributed by atoms with Crippen LogP contribution in [0.15, 0.2) is 53.0 Å². The van der Waals surface area contributed by atoms with E-state index in [1.54, 1.807) is 0 Å². The van der Waals surface area contributed by atoms with Crippen molar-refractivity contribution in [1.29, 1.82) is 0 Å². The Bertz CT molecular complexity index is 601. The fraction of sp³-hybridized carbons (Fsp3) is 0.294. The highest BCUT2D eigenvalue weighted by Crippen LogP contribution is 2.45. The van der Waals surface area contributed by atoms with Gasteiger partial charge in [0.15, 0.2) is 0 Å². The van der Waals surface area contributed by atoms with Crippen LogP contribution in [0.3, 0.4) is 0 Å². The molecule has 0 bridgehead atoms. The van der Waals surface area contributed by atoms with Crippen molar-refractivity contribution in [2.75, 3.05) is 6.54 Å². The molecule has 2 nitrogen and oxygen atoms in total. The Balaban J connectivity index is 1.95. The summed E-state index contributed by atoms with van der Waals surface area (Å²) in [5.74, 6) is 0. The number of hydrogen-bond donors (Lipinski definition) is 2. The number of hydrogen-bond acceptors (Lipinski definition) is 2. The van der Waals surface area contributed by atoms with E-state index in [9.17, 15) is 5.11 Å². The standard InChI is InChI=1S/C17H18BrNO/c18-15-7-3-6-12(8-15)16(20)17(11-19)9-13-4-1-2-5-14(13)10-17/h1-8,16,20H,9-11,19H2. The zero-order chi connectivity index (χ0) is 14.2. The lowest BCUT2D eigenvalue weighted by molar-refractivity contribution is 0.0358. The van der Waals surface area contributed by atoms with Gasteiger partial charge < -0.3 is 10.8 Å². The zero-order valence-electron chi connectivity index (χ0n) is 11.2. The molecular weight excluding hydrogens is 314 g/mol. The maximum atomic E-state index is 10.9. The van der Waals surface area contributed by atoms with Crippen LogP contribution in [0.5, 0.6) is 0 Å². The molecule has 0 saturated carbocycles. The molecule has 0 radical (unpaired) electrons. The molecule has 0 spiro atoms. The molecule has 3 rings (SSSR count). The third-order valence-electron chi connectivity index (χ3n) is 4.35. The van der Waals surface area contributed by atoms with Gasteiger partial charge in [-0.05, 0) is 41.7 Å². The first kappa shape index (κ1) is 13.8. The average Bonchev–Trinajstić information content (AvgIpc) is 2.86. The third kappa shape index (κ3) is 2.30. The molecule has 3 N–H and O–H groups in total. The van der Waals surface area contributed by atoms with Gasteiger partial charge in [-0.15, -0.1) is 0 Å². The molecular formula is C17H18BrNO. The van der Waals surface area contributed by atoms with Gasteiger partial charge in [0, 0.05) is 16.4 Å². The Morgan fingerprint density at radius 3 is 2.30 bits per heavy atom. The van der Waals surface area contributed by atoms with E-state index in [0.717, 1.165) is 22.9 Å². The van der Waals surface area contributed by atoms with Crippen LogP contribution < -0.4 is 5.73 Å². The van der Waals surface area contributed by atoms with Crippen molar-refractivity contribution in [3.63, 3.8) is 0 Å². The van der Waals surface area contributed by atoms with Crippen LogP contribution in [0.2, 0.25) is 0 Å².